The number of carbonyl (C=O) groups is 5. The molecule has 1 atom stereocenters. The van der Waals surface area contributed by atoms with Gasteiger partial charge in [0.15, 0.2) is 6.61 Å². The topological polar surface area (TPSA) is 203 Å². The van der Waals surface area contributed by atoms with E-state index in [1.165, 1.54) is 11.3 Å². The Labute approximate surface area is 321 Å². The molecule has 1 fully saturated rings. The monoisotopic (exact) mass is 769 g/mol. The van der Waals surface area contributed by atoms with Crippen LogP contribution in [0.1, 0.15) is 55.2 Å². The summed E-state index contributed by atoms with van der Waals surface area (Å²) in [7, 11) is 0. The number of hydrogen-bond donors (Lipinski definition) is 5. The van der Waals surface area contributed by atoms with E-state index in [9.17, 15) is 24.0 Å². The second kappa shape index (κ2) is 19.1. The number of benzene rings is 3. The summed E-state index contributed by atoms with van der Waals surface area (Å²) in [6.45, 7) is 2.13. The Morgan fingerprint density at radius 3 is 2.38 bits per heavy atom. The fourth-order valence-corrected chi connectivity index (χ4v) is 6.29. The average molecular weight is 770 g/mol. The smallest absolute Gasteiger partial charge is 0.262 e. The summed E-state index contributed by atoms with van der Waals surface area (Å²) in [5.41, 5.74) is 11.6. The Hall–Kier alpha value is -5.68. The highest BCUT2D eigenvalue weighted by Gasteiger charge is 2.33. The van der Waals surface area contributed by atoms with Gasteiger partial charge in [0.25, 0.3) is 23.6 Å². The van der Waals surface area contributed by atoms with Crippen LogP contribution in [-0.2, 0) is 32.0 Å². The van der Waals surface area contributed by atoms with Crippen LogP contribution in [-0.4, -0.2) is 97.6 Å². The molecule has 0 saturated heterocycles. The zero-order valence-electron chi connectivity index (χ0n) is 30.1. The number of fused-ring (bicyclic) bond motifs is 1. The average Bonchev–Trinajstić information content (AvgIpc) is 3.91. The third-order valence-corrected chi connectivity index (χ3v) is 9.40. The second-order valence-corrected chi connectivity index (χ2v) is 13.7. The quantitative estimate of drug-likeness (QED) is 0.0883. The highest BCUT2D eigenvalue weighted by molar-refractivity contribution is 7.07. The van der Waals surface area contributed by atoms with E-state index >= 15 is 0 Å². The third-order valence-electron chi connectivity index (χ3n) is 8.76. The van der Waals surface area contributed by atoms with Gasteiger partial charge in [0.2, 0.25) is 5.91 Å². The fraction of sp³-hybridized carbons (Fsp3) is 0.333. The maximum Gasteiger partial charge on any atom is 0.262 e. The molecule has 2 aliphatic rings. The molecule has 1 aliphatic heterocycles. The predicted molar refractivity (Wildman–Crippen MR) is 205 cm³/mol. The first-order valence-corrected chi connectivity index (χ1v) is 18.9. The van der Waals surface area contributed by atoms with Crippen LogP contribution < -0.4 is 31.7 Å². The molecule has 16 heteroatoms. The molecule has 4 aromatic rings. The standard InChI is InChI=1S/C39H43N7O8S/c40-32(20-30-23-55-24-43-30)38(50)42-13-15-53-17-16-52-14-12-41-36(48)27-2-1-3-29(18-27)44-37(49)26-6-4-25(5-7-26)21-46(31-9-10-31)39(51)28-8-11-33-34(19-28)54-22-35(47)45-33/h1-8,11,18-19,23-24,31-32H,9-10,12-17,20-22,40H2,(H,41,48)(H,42,50)(H,44,49)(H,45,47). The summed E-state index contributed by atoms with van der Waals surface area (Å²) >= 11 is 1.46. The van der Waals surface area contributed by atoms with Crippen LogP contribution in [0, 0.1) is 0 Å². The Kier molecular flexibility index (Phi) is 13.5. The summed E-state index contributed by atoms with van der Waals surface area (Å²) in [5, 5.41) is 13.0. The van der Waals surface area contributed by atoms with Crippen LogP contribution in [0.25, 0.3) is 0 Å². The molecule has 1 unspecified atom stereocenters. The number of thiazole rings is 1. The van der Waals surface area contributed by atoms with Crippen molar-refractivity contribution in [2.24, 2.45) is 5.73 Å². The van der Waals surface area contributed by atoms with E-state index in [-0.39, 0.29) is 55.3 Å². The predicted octanol–water partition coefficient (Wildman–Crippen LogP) is 2.98. The summed E-state index contributed by atoms with van der Waals surface area (Å²) < 4.78 is 16.5. The Morgan fingerprint density at radius 1 is 0.909 bits per heavy atom. The lowest BCUT2D eigenvalue weighted by Gasteiger charge is -2.24. The van der Waals surface area contributed by atoms with Gasteiger partial charge in [-0.25, -0.2) is 4.98 Å². The van der Waals surface area contributed by atoms with Crippen molar-refractivity contribution in [1.82, 2.24) is 20.5 Å². The molecule has 1 aromatic heterocycles. The minimum absolute atomic E-state index is 0.0918. The highest BCUT2D eigenvalue weighted by Crippen LogP contribution is 2.33. The Bertz CT molecular complexity index is 1970. The number of ether oxygens (including phenoxy) is 3. The second-order valence-electron chi connectivity index (χ2n) is 13.0. The van der Waals surface area contributed by atoms with Crippen molar-refractivity contribution in [1.29, 1.82) is 0 Å². The van der Waals surface area contributed by atoms with Crippen LogP contribution in [0.2, 0.25) is 0 Å². The summed E-state index contributed by atoms with van der Waals surface area (Å²) in [4.78, 5) is 69.0. The van der Waals surface area contributed by atoms with E-state index in [0.29, 0.717) is 73.1 Å². The van der Waals surface area contributed by atoms with Gasteiger partial charge < -0.3 is 46.1 Å². The van der Waals surface area contributed by atoms with Crippen molar-refractivity contribution >= 4 is 52.2 Å². The maximum atomic E-state index is 13.5. The lowest BCUT2D eigenvalue weighted by atomic mass is 10.1. The first-order chi connectivity index (χ1) is 26.7. The van der Waals surface area contributed by atoms with E-state index in [2.05, 4.69) is 26.3 Å². The normalized spacial score (nSPS) is 13.8. The third kappa shape index (κ3) is 11.4. The highest BCUT2D eigenvalue weighted by atomic mass is 32.1. The minimum atomic E-state index is -0.667. The van der Waals surface area contributed by atoms with Crippen molar-refractivity contribution in [3.63, 3.8) is 0 Å². The number of anilines is 2. The van der Waals surface area contributed by atoms with Crippen LogP contribution in [0.4, 0.5) is 11.4 Å². The molecular weight excluding hydrogens is 727 g/mol. The molecule has 3 aromatic carbocycles. The zero-order valence-corrected chi connectivity index (χ0v) is 30.9. The van der Waals surface area contributed by atoms with Gasteiger partial charge in [0.05, 0.1) is 49.4 Å². The van der Waals surface area contributed by atoms with Gasteiger partial charge in [0, 0.05) is 59.9 Å². The first-order valence-electron chi connectivity index (χ1n) is 18.0. The first kappa shape index (κ1) is 39.0. The van der Waals surface area contributed by atoms with Gasteiger partial charge in [-0.3, -0.25) is 24.0 Å². The SMILES string of the molecule is NC(Cc1cscn1)C(=O)NCCOCCOCCNC(=O)c1cccc(NC(=O)c2ccc(CN(C(=O)c3ccc4c(c3)OCC(=O)N4)C3CC3)cc2)c1. The number of nitrogens with zero attached hydrogens (tertiary/aromatic N) is 2. The molecule has 6 rings (SSSR count). The van der Waals surface area contributed by atoms with E-state index in [0.717, 1.165) is 24.1 Å². The number of aromatic nitrogens is 1. The van der Waals surface area contributed by atoms with Crippen LogP contribution in [0.15, 0.2) is 77.6 Å². The van der Waals surface area contributed by atoms with E-state index in [1.54, 1.807) is 60.1 Å². The molecule has 6 N–H and O–H groups in total. The molecule has 0 bridgehead atoms. The molecule has 1 saturated carbocycles. The van der Waals surface area contributed by atoms with Crippen molar-refractivity contribution in [3.05, 3.63) is 106 Å². The minimum Gasteiger partial charge on any atom is -0.482 e. The van der Waals surface area contributed by atoms with Crippen LogP contribution in [0.3, 0.4) is 0 Å². The van der Waals surface area contributed by atoms with Crippen molar-refractivity contribution < 1.29 is 38.2 Å². The molecule has 55 heavy (non-hydrogen) atoms. The van der Waals surface area contributed by atoms with Gasteiger partial charge >= 0.3 is 0 Å². The number of hydrogen-bond acceptors (Lipinski definition) is 11. The van der Waals surface area contributed by atoms with Gasteiger partial charge in [0.1, 0.15) is 5.75 Å². The van der Waals surface area contributed by atoms with Gasteiger partial charge in [-0.05, 0) is 66.9 Å². The maximum absolute atomic E-state index is 13.5. The van der Waals surface area contributed by atoms with Gasteiger partial charge in [-0.2, -0.15) is 0 Å². The molecule has 0 radical (unpaired) electrons. The van der Waals surface area contributed by atoms with Gasteiger partial charge in [-0.1, -0.05) is 18.2 Å². The number of rotatable bonds is 19. The Balaban J connectivity index is 0.878. The zero-order chi connectivity index (χ0) is 38.6. The van der Waals surface area contributed by atoms with Crippen LogP contribution >= 0.6 is 11.3 Å². The number of carbonyl (C=O) groups excluding carboxylic acids is 5. The van der Waals surface area contributed by atoms with E-state index in [1.807, 2.05) is 22.4 Å². The van der Waals surface area contributed by atoms with Crippen molar-refractivity contribution in [3.8, 4) is 5.75 Å². The largest absolute Gasteiger partial charge is 0.482 e. The lowest BCUT2D eigenvalue weighted by molar-refractivity contribution is -0.122. The number of amides is 5. The fourth-order valence-electron chi connectivity index (χ4n) is 5.72. The molecule has 288 valence electrons. The van der Waals surface area contributed by atoms with E-state index in [4.69, 9.17) is 19.9 Å². The number of nitrogens with two attached hydrogens (primary N) is 1. The molecule has 2 heterocycles. The molecule has 1 aliphatic carbocycles. The Morgan fingerprint density at radius 2 is 1.65 bits per heavy atom. The van der Waals surface area contributed by atoms with E-state index < -0.39 is 6.04 Å². The summed E-state index contributed by atoms with van der Waals surface area (Å²) in [6.07, 6.45) is 2.22. The van der Waals surface area contributed by atoms with Gasteiger partial charge in [-0.15, -0.1) is 11.3 Å². The molecule has 0 spiro atoms. The summed E-state index contributed by atoms with van der Waals surface area (Å²) in [6, 6.07) is 18.2. The lowest BCUT2D eigenvalue weighted by Crippen LogP contribution is -2.43. The number of nitrogens with one attached hydrogen (secondary N) is 4. The van der Waals surface area contributed by atoms with Crippen molar-refractivity contribution in [2.75, 3.05) is 56.8 Å². The molecular formula is C39H43N7O8S. The van der Waals surface area contributed by atoms with Crippen molar-refractivity contribution in [2.45, 2.75) is 37.9 Å². The molecule has 5 amide bonds. The molecule has 15 nitrogen and oxygen atoms in total. The van der Waals surface area contributed by atoms with Crippen LogP contribution in [0.5, 0.6) is 5.75 Å². The summed E-state index contributed by atoms with van der Waals surface area (Å²) in [5.74, 6) is -0.809.